The number of nitrogens with one attached hydrogen (secondary N) is 2. The standard InChI is InChI=1S/C19H36N4O3S.HI/c1-4-20-18(21-14-19(27(3,24)25)8-10-26-11-9-19)22-15-12-16-6-5-7-17(13-15)23(16)2;/h15-17H,4-14H2,1-3H3,(H2,20,21,22);1H. The summed E-state index contributed by atoms with van der Waals surface area (Å²) in [6, 6.07) is 1.70. The zero-order valence-corrected chi connectivity index (χ0v) is 20.6. The molecule has 2 unspecified atom stereocenters. The largest absolute Gasteiger partial charge is 0.381 e. The molecule has 3 saturated heterocycles. The molecule has 2 bridgehead atoms. The molecule has 0 amide bonds. The van der Waals surface area contributed by atoms with Gasteiger partial charge in [0, 0.05) is 44.1 Å². The SMILES string of the molecule is CCNC(=NCC1(S(C)(=O)=O)CCOCC1)NC1CC2CCCC(C1)N2C.I. The number of sulfone groups is 1. The third-order valence-corrected chi connectivity index (χ3v) is 8.85. The summed E-state index contributed by atoms with van der Waals surface area (Å²) in [5, 5.41) is 6.91. The van der Waals surface area contributed by atoms with E-state index in [9.17, 15) is 8.42 Å². The van der Waals surface area contributed by atoms with Crippen LogP contribution in [0.4, 0.5) is 0 Å². The lowest BCUT2D eigenvalue weighted by atomic mass is 9.82. The second kappa shape index (κ2) is 10.3. The van der Waals surface area contributed by atoms with Gasteiger partial charge in [-0.2, -0.15) is 0 Å². The number of fused-ring (bicyclic) bond motifs is 2. The van der Waals surface area contributed by atoms with Crippen LogP contribution in [0.5, 0.6) is 0 Å². The molecular weight excluding hydrogens is 491 g/mol. The number of piperidine rings is 2. The number of hydrogen-bond donors (Lipinski definition) is 2. The third-order valence-electron chi connectivity index (χ3n) is 6.74. The van der Waals surface area contributed by atoms with Gasteiger partial charge in [0.05, 0.1) is 11.3 Å². The van der Waals surface area contributed by atoms with Gasteiger partial charge >= 0.3 is 0 Å². The Morgan fingerprint density at radius 1 is 1.21 bits per heavy atom. The van der Waals surface area contributed by atoms with Crippen molar-refractivity contribution in [3.8, 4) is 0 Å². The predicted molar refractivity (Wildman–Crippen MR) is 124 cm³/mol. The van der Waals surface area contributed by atoms with Crippen molar-refractivity contribution in [1.29, 1.82) is 0 Å². The van der Waals surface area contributed by atoms with Crippen molar-refractivity contribution in [2.45, 2.75) is 74.7 Å². The lowest BCUT2D eigenvalue weighted by Gasteiger charge is -2.47. The molecule has 9 heteroatoms. The molecule has 0 aliphatic carbocycles. The fraction of sp³-hybridized carbons (Fsp3) is 0.947. The van der Waals surface area contributed by atoms with Crippen molar-refractivity contribution in [3.63, 3.8) is 0 Å². The highest BCUT2D eigenvalue weighted by molar-refractivity contribution is 14.0. The van der Waals surface area contributed by atoms with Gasteiger partial charge in [0.15, 0.2) is 15.8 Å². The molecule has 0 saturated carbocycles. The normalized spacial score (nSPS) is 31.0. The van der Waals surface area contributed by atoms with Crippen molar-refractivity contribution in [2.24, 2.45) is 4.99 Å². The second-order valence-electron chi connectivity index (χ2n) is 8.48. The minimum absolute atomic E-state index is 0. The Labute approximate surface area is 187 Å². The Morgan fingerprint density at radius 3 is 2.36 bits per heavy atom. The molecule has 0 spiro atoms. The molecule has 2 N–H and O–H groups in total. The molecule has 0 aromatic rings. The van der Waals surface area contributed by atoms with Gasteiger partial charge in [-0.3, -0.25) is 4.99 Å². The summed E-state index contributed by atoms with van der Waals surface area (Å²) < 4.78 is 29.5. The van der Waals surface area contributed by atoms with E-state index < -0.39 is 14.6 Å². The summed E-state index contributed by atoms with van der Waals surface area (Å²) in [4.78, 5) is 7.28. The number of rotatable bonds is 5. The molecule has 164 valence electrons. The van der Waals surface area contributed by atoms with Gasteiger partial charge in [0.25, 0.3) is 0 Å². The number of nitrogens with zero attached hydrogens (tertiary/aromatic N) is 2. The molecule has 0 radical (unpaired) electrons. The maximum Gasteiger partial charge on any atom is 0.191 e. The Bertz CT molecular complexity index is 623. The smallest absolute Gasteiger partial charge is 0.191 e. The van der Waals surface area contributed by atoms with Crippen molar-refractivity contribution < 1.29 is 13.2 Å². The van der Waals surface area contributed by atoms with Crippen LogP contribution in [-0.4, -0.2) is 81.8 Å². The van der Waals surface area contributed by atoms with Crippen molar-refractivity contribution in [1.82, 2.24) is 15.5 Å². The molecule has 3 fully saturated rings. The average molecular weight is 529 g/mol. The van der Waals surface area contributed by atoms with Crippen LogP contribution in [-0.2, 0) is 14.6 Å². The molecular formula is C19H37IN4O3S. The Morgan fingerprint density at radius 2 is 1.82 bits per heavy atom. The minimum atomic E-state index is -3.20. The zero-order valence-electron chi connectivity index (χ0n) is 17.4. The number of aliphatic imine (C=N–C) groups is 1. The van der Waals surface area contributed by atoms with E-state index in [0.29, 0.717) is 50.7 Å². The van der Waals surface area contributed by atoms with Crippen LogP contribution in [0.25, 0.3) is 0 Å². The van der Waals surface area contributed by atoms with E-state index in [4.69, 9.17) is 9.73 Å². The molecule has 3 heterocycles. The fourth-order valence-corrected chi connectivity index (χ4v) is 6.07. The van der Waals surface area contributed by atoms with Gasteiger partial charge in [0.1, 0.15) is 0 Å². The molecule has 7 nitrogen and oxygen atoms in total. The lowest BCUT2D eigenvalue weighted by Crippen LogP contribution is -2.57. The molecule has 28 heavy (non-hydrogen) atoms. The minimum Gasteiger partial charge on any atom is -0.381 e. The third kappa shape index (κ3) is 5.51. The summed E-state index contributed by atoms with van der Waals surface area (Å²) in [7, 11) is -0.945. The van der Waals surface area contributed by atoms with E-state index in [1.165, 1.54) is 25.5 Å². The average Bonchev–Trinajstić information content (AvgIpc) is 2.60. The number of hydrogen-bond acceptors (Lipinski definition) is 5. The summed E-state index contributed by atoms with van der Waals surface area (Å²) in [6.07, 6.45) is 8.52. The van der Waals surface area contributed by atoms with Gasteiger partial charge in [-0.1, -0.05) is 6.42 Å². The molecule has 3 aliphatic rings. The molecule has 3 aliphatic heterocycles. The first-order valence-corrected chi connectivity index (χ1v) is 12.3. The Balaban J connectivity index is 0.00000280. The molecule has 0 aromatic heterocycles. The van der Waals surface area contributed by atoms with E-state index in [-0.39, 0.29) is 24.0 Å². The monoisotopic (exact) mass is 528 g/mol. The molecule has 2 atom stereocenters. The van der Waals surface area contributed by atoms with Gasteiger partial charge in [-0.05, 0) is 52.5 Å². The number of ether oxygens (including phenoxy) is 1. The van der Waals surface area contributed by atoms with Crippen molar-refractivity contribution in [2.75, 3.05) is 39.6 Å². The summed E-state index contributed by atoms with van der Waals surface area (Å²) in [5.41, 5.74) is 0. The van der Waals surface area contributed by atoms with Crippen LogP contribution in [0.3, 0.4) is 0 Å². The van der Waals surface area contributed by atoms with E-state index in [0.717, 1.165) is 25.3 Å². The lowest BCUT2D eigenvalue weighted by molar-refractivity contribution is 0.0526. The topological polar surface area (TPSA) is 83.0 Å². The first kappa shape index (κ1) is 24.1. The Hall–Kier alpha value is -0.130. The predicted octanol–water partition coefficient (Wildman–Crippen LogP) is 1.77. The van der Waals surface area contributed by atoms with Crippen LogP contribution in [0.2, 0.25) is 0 Å². The highest BCUT2D eigenvalue weighted by Crippen LogP contribution is 2.33. The molecule has 0 aromatic carbocycles. The quantitative estimate of drug-likeness (QED) is 0.322. The number of halogens is 1. The highest BCUT2D eigenvalue weighted by atomic mass is 127. The second-order valence-corrected chi connectivity index (χ2v) is 10.9. The molecule has 3 rings (SSSR count). The first-order chi connectivity index (χ1) is 12.8. The summed E-state index contributed by atoms with van der Waals surface area (Å²) in [6.45, 7) is 4.08. The maximum atomic E-state index is 12.5. The van der Waals surface area contributed by atoms with Crippen LogP contribution in [0.1, 0.15) is 51.9 Å². The van der Waals surface area contributed by atoms with Gasteiger partial charge in [-0.15, -0.1) is 24.0 Å². The van der Waals surface area contributed by atoms with E-state index in [1.54, 1.807) is 0 Å². The highest BCUT2D eigenvalue weighted by Gasteiger charge is 2.42. The van der Waals surface area contributed by atoms with Crippen LogP contribution >= 0.6 is 24.0 Å². The zero-order chi connectivity index (χ0) is 19.5. The van der Waals surface area contributed by atoms with Gasteiger partial charge in [-0.25, -0.2) is 8.42 Å². The van der Waals surface area contributed by atoms with Crippen molar-refractivity contribution >= 4 is 39.8 Å². The van der Waals surface area contributed by atoms with Crippen molar-refractivity contribution in [3.05, 3.63) is 0 Å². The summed E-state index contributed by atoms with van der Waals surface area (Å²) in [5.74, 6) is 0.750. The Kier molecular flexibility index (Phi) is 8.84. The van der Waals surface area contributed by atoms with E-state index in [2.05, 4.69) is 22.6 Å². The van der Waals surface area contributed by atoms with Crippen LogP contribution < -0.4 is 10.6 Å². The maximum absolute atomic E-state index is 12.5. The van der Waals surface area contributed by atoms with E-state index >= 15 is 0 Å². The van der Waals surface area contributed by atoms with E-state index in [1.807, 2.05) is 6.92 Å². The van der Waals surface area contributed by atoms with Gasteiger partial charge < -0.3 is 20.3 Å². The summed E-state index contributed by atoms with van der Waals surface area (Å²) >= 11 is 0. The number of guanidine groups is 1. The van der Waals surface area contributed by atoms with Gasteiger partial charge in [0.2, 0.25) is 0 Å². The fourth-order valence-electron chi connectivity index (χ4n) is 4.86. The van der Waals surface area contributed by atoms with Crippen LogP contribution in [0, 0.1) is 0 Å². The first-order valence-electron chi connectivity index (χ1n) is 10.4. The van der Waals surface area contributed by atoms with Crippen LogP contribution in [0.15, 0.2) is 4.99 Å².